The predicted octanol–water partition coefficient (Wildman–Crippen LogP) is 0.948. The van der Waals surface area contributed by atoms with E-state index in [1.54, 1.807) is 0 Å². The average molecular weight is 275 g/mol. The van der Waals surface area contributed by atoms with Crippen LogP contribution in [0, 0.1) is 0 Å². The first-order valence-corrected chi connectivity index (χ1v) is 7.25. The third kappa shape index (κ3) is 7.84. The Morgan fingerprint density at radius 2 is 2.11 bits per heavy atom. The van der Waals surface area contributed by atoms with Crippen molar-refractivity contribution in [1.29, 1.82) is 0 Å². The fourth-order valence-electron chi connectivity index (χ4n) is 2.01. The molecule has 1 rings (SSSR count). The van der Waals surface area contributed by atoms with Gasteiger partial charge in [0.2, 0.25) is 0 Å². The van der Waals surface area contributed by atoms with Crippen LogP contribution in [0.1, 0.15) is 33.6 Å². The molecule has 0 aromatic rings. The van der Waals surface area contributed by atoms with Gasteiger partial charge in [0.25, 0.3) is 0 Å². The van der Waals surface area contributed by atoms with Crippen LogP contribution >= 0.6 is 0 Å². The second-order valence-corrected chi connectivity index (χ2v) is 5.75. The molecule has 5 heteroatoms. The molecule has 0 saturated carbocycles. The molecule has 19 heavy (non-hydrogen) atoms. The Kier molecular flexibility index (Phi) is 7.87. The lowest BCUT2D eigenvalue weighted by molar-refractivity contribution is -0.127. The van der Waals surface area contributed by atoms with Gasteiger partial charge in [-0.05, 0) is 20.3 Å². The number of aliphatic hydroxyl groups is 1. The van der Waals surface area contributed by atoms with E-state index in [0.29, 0.717) is 26.4 Å². The van der Waals surface area contributed by atoms with E-state index in [4.69, 9.17) is 14.2 Å². The van der Waals surface area contributed by atoms with E-state index in [2.05, 4.69) is 26.1 Å². The number of morpholine rings is 1. The SMILES string of the molecule is CCCCOCC(O)COCC1CNCC(C)(C)O1. The van der Waals surface area contributed by atoms with Gasteiger partial charge in [-0.1, -0.05) is 13.3 Å². The Hall–Kier alpha value is -0.200. The number of nitrogens with one attached hydrogen (secondary N) is 1. The summed E-state index contributed by atoms with van der Waals surface area (Å²) >= 11 is 0. The quantitative estimate of drug-likeness (QED) is 0.614. The first-order chi connectivity index (χ1) is 9.03. The standard InChI is InChI=1S/C14H29NO4/c1-4-5-6-17-8-12(16)9-18-10-13-7-15-11-14(2,3)19-13/h12-13,15-16H,4-11H2,1-3H3. The summed E-state index contributed by atoms with van der Waals surface area (Å²) in [5.74, 6) is 0. The van der Waals surface area contributed by atoms with E-state index in [0.717, 1.165) is 25.9 Å². The number of aliphatic hydroxyl groups excluding tert-OH is 1. The van der Waals surface area contributed by atoms with Crippen LogP contribution in [0.2, 0.25) is 0 Å². The Labute approximate surface area is 116 Å². The molecule has 2 atom stereocenters. The Balaban J connectivity index is 2.03. The van der Waals surface area contributed by atoms with E-state index in [1.807, 2.05) is 0 Å². The summed E-state index contributed by atoms with van der Waals surface area (Å²) in [6.45, 7) is 9.74. The van der Waals surface area contributed by atoms with E-state index in [-0.39, 0.29) is 11.7 Å². The zero-order chi connectivity index (χ0) is 14.1. The van der Waals surface area contributed by atoms with Crippen molar-refractivity contribution in [2.24, 2.45) is 0 Å². The van der Waals surface area contributed by atoms with Gasteiger partial charge in [0.1, 0.15) is 6.10 Å². The largest absolute Gasteiger partial charge is 0.388 e. The molecule has 114 valence electrons. The molecule has 1 heterocycles. The molecular weight excluding hydrogens is 246 g/mol. The van der Waals surface area contributed by atoms with Crippen molar-refractivity contribution in [3.8, 4) is 0 Å². The van der Waals surface area contributed by atoms with Crippen molar-refractivity contribution >= 4 is 0 Å². The minimum Gasteiger partial charge on any atom is -0.388 e. The molecular formula is C14H29NO4. The lowest BCUT2D eigenvalue weighted by atomic mass is 10.1. The highest BCUT2D eigenvalue weighted by Crippen LogP contribution is 2.15. The molecule has 5 nitrogen and oxygen atoms in total. The zero-order valence-electron chi connectivity index (χ0n) is 12.5. The molecule has 2 unspecified atom stereocenters. The highest BCUT2D eigenvalue weighted by atomic mass is 16.6. The molecule has 0 aromatic carbocycles. The van der Waals surface area contributed by atoms with E-state index < -0.39 is 6.10 Å². The molecule has 1 aliphatic rings. The van der Waals surface area contributed by atoms with Gasteiger partial charge in [-0.25, -0.2) is 0 Å². The lowest BCUT2D eigenvalue weighted by Gasteiger charge is -2.36. The van der Waals surface area contributed by atoms with Crippen LogP contribution in [0.25, 0.3) is 0 Å². The number of ether oxygens (including phenoxy) is 3. The summed E-state index contributed by atoms with van der Waals surface area (Å²) in [6.07, 6.45) is 1.64. The number of hydrogen-bond donors (Lipinski definition) is 2. The lowest BCUT2D eigenvalue weighted by Crippen LogP contribution is -2.52. The molecule has 1 aliphatic heterocycles. The van der Waals surface area contributed by atoms with Crippen LogP contribution in [0.3, 0.4) is 0 Å². The maximum Gasteiger partial charge on any atom is 0.101 e. The monoisotopic (exact) mass is 275 g/mol. The van der Waals surface area contributed by atoms with Crippen LogP contribution in [-0.2, 0) is 14.2 Å². The third-order valence-electron chi connectivity index (χ3n) is 2.97. The maximum atomic E-state index is 9.67. The van der Waals surface area contributed by atoms with Gasteiger partial charge in [0, 0.05) is 19.7 Å². The summed E-state index contributed by atoms with van der Waals surface area (Å²) in [5.41, 5.74) is -0.145. The van der Waals surface area contributed by atoms with Crippen molar-refractivity contribution in [3.63, 3.8) is 0 Å². The van der Waals surface area contributed by atoms with E-state index in [9.17, 15) is 5.11 Å². The summed E-state index contributed by atoms with van der Waals surface area (Å²) in [7, 11) is 0. The van der Waals surface area contributed by atoms with Crippen molar-refractivity contribution in [2.45, 2.75) is 51.4 Å². The number of unbranched alkanes of at least 4 members (excludes halogenated alkanes) is 1. The van der Waals surface area contributed by atoms with E-state index in [1.165, 1.54) is 0 Å². The van der Waals surface area contributed by atoms with Crippen LogP contribution in [0.5, 0.6) is 0 Å². The highest BCUT2D eigenvalue weighted by Gasteiger charge is 2.28. The maximum absolute atomic E-state index is 9.67. The van der Waals surface area contributed by atoms with Gasteiger partial charge in [0.15, 0.2) is 0 Å². The third-order valence-corrected chi connectivity index (χ3v) is 2.97. The predicted molar refractivity (Wildman–Crippen MR) is 74.4 cm³/mol. The van der Waals surface area contributed by atoms with Crippen LogP contribution in [0.15, 0.2) is 0 Å². The molecule has 0 radical (unpaired) electrons. The Bertz CT molecular complexity index is 235. The average Bonchev–Trinajstić information content (AvgIpc) is 2.33. The second kappa shape index (κ2) is 8.87. The topological polar surface area (TPSA) is 60.0 Å². The second-order valence-electron chi connectivity index (χ2n) is 5.75. The smallest absolute Gasteiger partial charge is 0.101 e. The number of rotatable bonds is 9. The molecule has 2 N–H and O–H groups in total. The molecule has 0 aromatic heterocycles. The summed E-state index contributed by atoms with van der Waals surface area (Å²) in [6, 6.07) is 0. The van der Waals surface area contributed by atoms with Gasteiger partial charge in [0.05, 0.1) is 31.5 Å². The first kappa shape index (κ1) is 16.9. The molecule has 1 fully saturated rings. The van der Waals surface area contributed by atoms with Gasteiger partial charge < -0.3 is 24.6 Å². The summed E-state index contributed by atoms with van der Waals surface area (Å²) in [4.78, 5) is 0. The van der Waals surface area contributed by atoms with Gasteiger partial charge in [-0.15, -0.1) is 0 Å². The van der Waals surface area contributed by atoms with E-state index >= 15 is 0 Å². The van der Waals surface area contributed by atoms with Crippen molar-refractivity contribution in [1.82, 2.24) is 5.32 Å². The first-order valence-electron chi connectivity index (χ1n) is 7.25. The number of hydrogen-bond acceptors (Lipinski definition) is 5. The minimum absolute atomic E-state index is 0.0527. The Morgan fingerprint density at radius 3 is 2.79 bits per heavy atom. The van der Waals surface area contributed by atoms with Gasteiger partial charge >= 0.3 is 0 Å². The van der Waals surface area contributed by atoms with Crippen LogP contribution in [-0.4, -0.2) is 62.4 Å². The van der Waals surface area contributed by atoms with Crippen molar-refractivity contribution in [3.05, 3.63) is 0 Å². The van der Waals surface area contributed by atoms with Crippen molar-refractivity contribution in [2.75, 3.05) is 39.5 Å². The fraction of sp³-hybridized carbons (Fsp3) is 1.00. The van der Waals surface area contributed by atoms with Gasteiger partial charge in [-0.3, -0.25) is 0 Å². The Morgan fingerprint density at radius 1 is 1.37 bits per heavy atom. The van der Waals surface area contributed by atoms with Crippen molar-refractivity contribution < 1.29 is 19.3 Å². The molecule has 1 saturated heterocycles. The van der Waals surface area contributed by atoms with Crippen LogP contribution in [0.4, 0.5) is 0 Å². The van der Waals surface area contributed by atoms with Crippen LogP contribution < -0.4 is 5.32 Å². The zero-order valence-corrected chi connectivity index (χ0v) is 12.5. The molecule has 0 spiro atoms. The summed E-state index contributed by atoms with van der Waals surface area (Å²) < 4.78 is 16.7. The van der Waals surface area contributed by atoms with Gasteiger partial charge in [-0.2, -0.15) is 0 Å². The molecule has 0 bridgehead atoms. The fourth-order valence-corrected chi connectivity index (χ4v) is 2.01. The molecule has 0 aliphatic carbocycles. The normalized spacial score (nSPS) is 24.3. The summed E-state index contributed by atoms with van der Waals surface area (Å²) in [5, 5.41) is 13.0. The highest BCUT2D eigenvalue weighted by molar-refractivity contribution is 4.81. The minimum atomic E-state index is -0.554. The molecule has 0 amide bonds.